The van der Waals surface area contributed by atoms with Crippen LogP contribution in [0.4, 0.5) is 0 Å². The molecule has 0 saturated heterocycles. The SMILES string of the molecule is OCCc1ccc2oc3ccccc3c2c1. The standard InChI is InChI=1S/C14H12O2/c15-8-7-10-5-6-14-12(9-10)11-3-1-2-4-13(11)16-14/h1-6,9,15H,7-8H2. The Kier molecular flexibility index (Phi) is 2.15. The minimum atomic E-state index is 0.182. The Hall–Kier alpha value is -1.80. The van der Waals surface area contributed by atoms with E-state index in [0.29, 0.717) is 6.42 Å². The molecule has 0 aliphatic carbocycles. The van der Waals surface area contributed by atoms with Gasteiger partial charge < -0.3 is 9.52 Å². The predicted octanol–water partition coefficient (Wildman–Crippen LogP) is 3.12. The van der Waals surface area contributed by atoms with E-state index in [1.54, 1.807) is 0 Å². The summed E-state index contributed by atoms with van der Waals surface area (Å²) in [7, 11) is 0. The molecule has 1 N–H and O–H groups in total. The molecule has 0 atom stereocenters. The van der Waals surface area contributed by atoms with Crippen LogP contribution in [0, 0.1) is 0 Å². The number of aliphatic hydroxyl groups excluding tert-OH is 1. The minimum Gasteiger partial charge on any atom is -0.456 e. The summed E-state index contributed by atoms with van der Waals surface area (Å²) in [6.07, 6.45) is 0.690. The van der Waals surface area contributed by atoms with Crippen LogP contribution >= 0.6 is 0 Å². The molecule has 0 aliphatic rings. The van der Waals surface area contributed by atoms with Gasteiger partial charge in [0.2, 0.25) is 0 Å². The van der Waals surface area contributed by atoms with Crippen molar-refractivity contribution in [1.82, 2.24) is 0 Å². The lowest BCUT2D eigenvalue weighted by Gasteiger charge is -1.97. The molecule has 0 spiro atoms. The molecule has 0 bridgehead atoms. The highest BCUT2D eigenvalue weighted by atomic mass is 16.3. The monoisotopic (exact) mass is 212 g/mol. The van der Waals surface area contributed by atoms with Crippen molar-refractivity contribution < 1.29 is 9.52 Å². The van der Waals surface area contributed by atoms with E-state index < -0.39 is 0 Å². The Morgan fingerprint density at radius 2 is 1.75 bits per heavy atom. The smallest absolute Gasteiger partial charge is 0.135 e. The lowest BCUT2D eigenvalue weighted by atomic mass is 10.1. The number of aliphatic hydroxyl groups is 1. The summed E-state index contributed by atoms with van der Waals surface area (Å²) in [5, 5.41) is 11.2. The number of hydrogen-bond acceptors (Lipinski definition) is 2. The lowest BCUT2D eigenvalue weighted by Crippen LogP contribution is -1.89. The van der Waals surface area contributed by atoms with E-state index in [1.807, 2.05) is 30.3 Å². The van der Waals surface area contributed by atoms with Gasteiger partial charge in [0.1, 0.15) is 11.2 Å². The second-order valence-corrected chi connectivity index (χ2v) is 3.90. The van der Waals surface area contributed by atoms with Gasteiger partial charge in [-0.05, 0) is 30.2 Å². The second kappa shape index (κ2) is 3.65. The third kappa shape index (κ3) is 1.39. The van der Waals surface area contributed by atoms with Crippen LogP contribution in [-0.2, 0) is 6.42 Å². The van der Waals surface area contributed by atoms with Crippen LogP contribution in [0.25, 0.3) is 21.9 Å². The average molecular weight is 212 g/mol. The van der Waals surface area contributed by atoms with Gasteiger partial charge in [0.15, 0.2) is 0 Å². The largest absolute Gasteiger partial charge is 0.456 e. The third-order valence-corrected chi connectivity index (χ3v) is 2.84. The van der Waals surface area contributed by atoms with E-state index >= 15 is 0 Å². The molecule has 0 aliphatic heterocycles. The Morgan fingerprint density at radius 1 is 0.938 bits per heavy atom. The van der Waals surface area contributed by atoms with Gasteiger partial charge in [-0.3, -0.25) is 0 Å². The van der Waals surface area contributed by atoms with Gasteiger partial charge in [0.25, 0.3) is 0 Å². The molecule has 0 fully saturated rings. The van der Waals surface area contributed by atoms with Gasteiger partial charge in [0, 0.05) is 17.4 Å². The molecule has 3 rings (SSSR count). The number of para-hydroxylation sites is 1. The molecule has 16 heavy (non-hydrogen) atoms. The lowest BCUT2D eigenvalue weighted by molar-refractivity contribution is 0.299. The fourth-order valence-electron chi connectivity index (χ4n) is 2.06. The molecule has 0 radical (unpaired) electrons. The fourth-order valence-corrected chi connectivity index (χ4v) is 2.06. The highest BCUT2D eigenvalue weighted by Gasteiger charge is 2.06. The van der Waals surface area contributed by atoms with Crippen LogP contribution in [0.1, 0.15) is 5.56 Å². The number of furan rings is 1. The van der Waals surface area contributed by atoms with E-state index in [1.165, 1.54) is 0 Å². The first-order valence-electron chi connectivity index (χ1n) is 5.39. The first-order chi connectivity index (χ1) is 7.88. The maximum atomic E-state index is 8.93. The third-order valence-electron chi connectivity index (χ3n) is 2.84. The molecule has 0 saturated carbocycles. The highest BCUT2D eigenvalue weighted by molar-refractivity contribution is 6.04. The number of hydrogen-bond donors (Lipinski definition) is 1. The Morgan fingerprint density at radius 3 is 2.62 bits per heavy atom. The molecule has 2 heteroatoms. The van der Waals surface area contributed by atoms with Crippen LogP contribution in [0.2, 0.25) is 0 Å². The van der Waals surface area contributed by atoms with Gasteiger partial charge in [-0.1, -0.05) is 24.3 Å². The topological polar surface area (TPSA) is 33.4 Å². The molecule has 2 nitrogen and oxygen atoms in total. The second-order valence-electron chi connectivity index (χ2n) is 3.90. The van der Waals surface area contributed by atoms with Crippen LogP contribution in [0.5, 0.6) is 0 Å². The van der Waals surface area contributed by atoms with E-state index in [0.717, 1.165) is 27.5 Å². The van der Waals surface area contributed by atoms with Crippen molar-refractivity contribution in [2.24, 2.45) is 0 Å². The number of fused-ring (bicyclic) bond motifs is 3. The zero-order chi connectivity index (χ0) is 11.0. The first-order valence-corrected chi connectivity index (χ1v) is 5.39. The molecule has 0 unspecified atom stereocenters. The highest BCUT2D eigenvalue weighted by Crippen LogP contribution is 2.29. The van der Waals surface area contributed by atoms with Crippen molar-refractivity contribution in [2.45, 2.75) is 6.42 Å². The first kappa shape index (κ1) is 9.43. The van der Waals surface area contributed by atoms with Crippen molar-refractivity contribution in [3.05, 3.63) is 48.0 Å². The molecule has 0 amide bonds. The fraction of sp³-hybridized carbons (Fsp3) is 0.143. The Balaban J connectivity index is 2.31. The number of benzene rings is 2. The molecular weight excluding hydrogens is 200 g/mol. The Bertz CT molecular complexity index is 637. The van der Waals surface area contributed by atoms with Crippen LogP contribution in [0.3, 0.4) is 0 Å². The molecule has 80 valence electrons. The summed E-state index contributed by atoms with van der Waals surface area (Å²) in [4.78, 5) is 0. The van der Waals surface area contributed by atoms with Gasteiger partial charge >= 0.3 is 0 Å². The van der Waals surface area contributed by atoms with Gasteiger partial charge in [-0.25, -0.2) is 0 Å². The van der Waals surface area contributed by atoms with Crippen molar-refractivity contribution in [3.8, 4) is 0 Å². The van der Waals surface area contributed by atoms with Crippen LogP contribution in [-0.4, -0.2) is 11.7 Å². The summed E-state index contributed by atoms with van der Waals surface area (Å²) in [6.45, 7) is 0.182. The maximum Gasteiger partial charge on any atom is 0.135 e. The molecular formula is C14H12O2. The van der Waals surface area contributed by atoms with Gasteiger partial charge in [-0.15, -0.1) is 0 Å². The number of rotatable bonds is 2. The predicted molar refractivity (Wildman–Crippen MR) is 64.5 cm³/mol. The van der Waals surface area contributed by atoms with Gasteiger partial charge in [-0.2, -0.15) is 0 Å². The van der Waals surface area contributed by atoms with Gasteiger partial charge in [0.05, 0.1) is 0 Å². The summed E-state index contributed by atoms with van der Waals surface area (Å²) >= 11 is 0. The van der Waals surface area contributed by atoms with E-state index in [2.05, 4.69) is 12.1 Å². The quantitative estimate of drug-likeness (QED) is 0.708. The average Bonchev–Trinajstić information content (AvgIpc) is 2.68. The minimum absolute atomic E-state index is 0.182. The van der Waals surface area contributed by atoms with Crippen molar-refractivity contribution in [2.75, 3.05) is 6.61 Å². The molecule has 1 aromatic heterocycles. The van der Waals surface area contributed by atoms with Crippen molar-refractivity contribution in [1.29, 1.82) is 0 Å². The van der Waals surface area contributed by atoms with Crippen molar-refractivity contribution >= 4 is 21.9 Å². The summed E-state index contributed by atoms with van der Waals surface area (Å²) < 4.78 is 5.72. The summed E-state index contributed by atoms with van der Waals surface area (Å²) in [5.74, 6) is 0. The molecule has 3 aromatic rings. The zero-order valence-electron chi connectivity index (χ0n) is 8.81. The maximum absolute atomic E-state index is 8.93. The zero-order valence-corrected chi connectivity index (χ0v) is 8.81. The Labute approximate surface area is 93.1 Å². The molecule has 2 aromatic carbocycles. The van der Waals surface area contributed by atoms with E-state index in [-0.39, 0.29) is 6.61 Å². The summed E-state index contributed by atoms with van der Waals surface area (Å²) in [5.41, 5.74) is 2.96. The normalized spacial score (nSPS) is 11.3. The van der Waals surface area contributed by atoms with E-state index in [4.69, 9.17) is 9.52 Å². The van der Waals surface area contributed by atoms with Crippen LogP contribution < -0.4 is 0 Å². The van der Waals surface area contributed by atoms with Crippen molar-refractivity contribution in [3.63, 3.8) is 0 Å². The van der Waals surface area contributed by atoms with Crippen LogP contribution in [0.15, 0.2) is 46.9 Å². The summed E-state index contributed by atoms with van der Waals surface area (Å²) in [6, 6.07) is 14.1. The molecule has 1 heterocycles. The van der Waals surface area contributed by atoms with E-state index in [9.17, 15) is 0 Å².